The van der Waals surface area contributed by atoms with Crippen molar-refractivity contribution in [1.29, 1.82) is 0 Å². The van der Waals surface area contributed by atoms with E-state index in [9.17, 15) is 22.8 Å². The molecule has 1 aromatic carbocycles. The fourth-order valence-corrected chi connectivity index (χ4v) is 3.88. The summed E-state index contributed by atoms with van der Waals surface area (Å²) in [5.74, 6) is -1.62. The van der Waals surface area contributed by atoms with Crippen molar-refractivity contribution in [3.05, 3.63) is 59.8 Å². The first kappa shape index (κ1) is 28.5. The number of aromatic nitrogens is 5. The van der Waals surface area contributed by atoms with Crippen LogP contribution in [0.25, 0.3) is 16.9 Å². The first-order valence-electron chi connectivity index (χ1n) is 12.0. The first-order valence-corrected chi connectivity index (χ1v) is 12.0. The van der Waals surface area contributed by atoms with Crippen molar-refractivity contribution in [2.24, 2.45) is 0 Å². The lowest BCUT2D eigenvalue weighted by Gasteiger charge is -2.12. The monoisotopic (exact) mass is 563 g/mol. The van der Waals surface area contributed by atoms with Gasteiger partial charge in [0.25, 0.3) is 5.88 Å². The van der Waals surface area contributed by atoms with Crippen LogP contribution < -0.4 is 4.74 Å². The van der Waals surface area contributed by atoms with Crippen LogP contribution in [0.2, 0.25) is 0 Å². The Morgan fingerprint density at radius 1 is 1.12 bits per heavy atom. The molecular weight excluding hydrogens is 539 g/mol. The van der Waals surface area contributed by atoms with Crippen molar-refractivity contribution in [3.8, 4) is 22.9 Å². The van der Waals surface area contributed by atoms with Gasteiger partial charge in [0.15, 0.2) is 5.69 Å². The predicted octanol–water partition coefficient (Wildman–Crippen LogP) is 3.22. The number of ether oxygens (including phenoxy) is 3. The van der Waals surface area contributed by atoms with E-state index in [1.54, 1.807) is 6.07 Å². The van der Waals surface area contributed by atoms with Crippen LogP contribution in [0.15, 0.2) is 43.0 Å². The number of aliphatic hydroxyl groups is 1. The minimum Gasteiger partial charge on any atom is -0.480 e. The lowest BCUT2D eigenvalue weighted by molar-refractivity contribution is -0.142. The van der Waals surface area contributed by atoms with E-state index in [1.807, 2.05) is 6.92 Å². The van der Waals surface area contributed by atoms with E-state index in [2.05, 4.69) is 15.1 Å². The average molecular weight is 563 g/mol. The summed E-state index contributed by atoms with van der Waals surface area (Å²) in [5, 5.41) is 21.1. The minimum atomic E-state index is -4.85. The maximum absolute atomic E-state index is 13.7. The van der Waals surface area contributed by atoms with Crippen molar-refractivity contribution < 1.29 is 47.2 Å². The van der Waals surface area contributed by atoms with Crippen molar-refractivity contribution in [2.45, 2.75) is 26.1 Å². The molecule has 0 aliphatic heterocycles. The number of carbonyl (C=O) groups is 2. The van der Waals surface area contributed by atoms with Gasteiger partial charge in [-0.2, -0.15) is 18.3 Å². The van der Waals surface area contributed by atoms with Gasteiger partial charge in [-0.25, -0.2) is 14.8 Å². The Hall–Kier alpha value is -4.50. The minimum absolute atomic E-state index is 0.00141. The molecule has 2 N–H and O–H groups in total. The number of nitrogens with zero attached hydrogens (tertiary/aromatic N) is 5. The molecule has 0 atom stereocenters. The number of esters is 1. The second-order valence-corrected chi connectivity index (χ2v) is 8.30. The highest BCUT2D eigenvalue weighted by Crippen LogP contribution is 2.37. The number of fused-ring (bicyclic) bond motifs is 1. The SMILES string of the molecule is CCc1cc(Oc2nccn3c(-c4cn(CC(=O)O)nc4C(F)(F)F)cnc23)ccc1C(=O)OCCOCCO. The molecule has 0 aliphatic rings. The predicted molar refractivity (Wildman–Crippen MR) is 131 cm³/mol. The van der Waals surface area contributed by atoms with Crippen molar-refractivity contribution in [2.75, 3.05) is 26.4 Å². The fraction of sp³-hybridized carbons (Fsp3) is 0.320. The van der Waals surface area contributed by atoms with Gasteiger partial charge in [-0.3, -0.25) is 13.9 Å². The molecule has 40 heavy (non-hydrogen) atoms. The third kappa shape index (κ3) is 6.38. The molecule has 0 saturated heterocycles. The molecule has 0 spiro atoms. The highest BCUT2D eigenvalue weighted by atomic mass is 19.4. The standard InChI is InChI=1S/C25H24F3N5O7/c1-2-15-11-16(3-4-17(15)24(37)39-10-9-38-8-7-34)40-23-22-30-12-19(33(22)6-5-29-23)18-13-32(14-20(35)36)31-21(18)25(26,27)28/h3-6,11-13,34H,2,7-10,14H2,1H3,(H,35,36). The summed E-state index contributed by atoms with van der Waals surface area (Å²) in [6.45, 7) is 1.24. The Labute approximate surface area is 224 Å². The zero-order valence-corrected chi connectivity index (χ0v) is 21.1. The highest BCUT2D eigenvalue weighted by Gasteiger charge is 2.38. The van der Waals surface area contributed by atoms with Crippen LogP contribution in [0.4, 0.5) is 13.2 Å². The summed E-state index contributed by atoms with van der Waals surface area (Å²) >= 11 is 0. The number of rotatable bonds is 12. The molecule has 12 nitrogen and oxygen atoms in total. The van der Waals surface area contributed by atoms with E-state index in [0.29, 0.717) is 28.0 Å². The lowest BCUT2D eigenvalue weighted by Crippen LogP contribution is -2.13. The molecule has 4 aromatic rings. The van der Waals surface area contributed by atoms with Crippen LogP contribution in [0.3, 0.4) is 0 Å². The van der Waals surface area contributed by atoms with Gasteiger partial charge in [-0.15, -0.1) is 0 Å². The Morgan fingerprint density at radius 2 is 1.93 bits per heavy atom. The van der Waals surface area contributed by atoms with Crippen LogP contribution in [0, 0.1) is 0 Å². The van der Waals surface area contributed by atoms with E-state index >= 15 is 0 Å². The number of carboxylic acid groups (broad SMARTS) is 1. The molecule has 4 rings (SSSR count). The molecule has 0 fully saturated rings. The number of carboxylic acids is 1. The topological polar surface area (TPSA) is 150 Å². The third-order valence-corrected chi connectivity index (χ3v) is 5.59. The zero-order valence-electron chi connectivity index (χ0n) is 21.1. The van der Waals surface area contributed by atoms with Crippen LogP contribution >= 0.6 is 0 Å². The summed E-state index contributed by atoms with van der Waals surface area (Å²) in [6.07, 6.45) is 0.497. The molecular formula is C25H24F3N5O7. The number of carbonyl (C=O) groups excluding carboxylic acids is 1. The molecule has 3 aromatic heterocycles. The molecule has 0 unspecified atom stereocenters. The quantitative estimate of drug-likeness (QED) is 0.194. The van der Waals surface area contributed by atoms with Crippen molar-refractivity contribution >= 4 is 17.6 Å². The molecule has 0 saturated carbocycles. The molecule has 212 valence electrons. The van der Waals surface area contributed by atoms with Gasteiger partial charge >= 0.3 is 18.1 Å². The van der Waals surface area contributed by atoms with Crippen LogP contribution in [-0.2, 0) is 33.4 Å². The van der Waals surface area contributed by atoms with E-state index in [1.165, 1.54) is 35.1 Å². The normalized spacial score (nSPS) is 11.6. The molecule has 0 amide bonds. The molecule has 15 heteroatoms. The molecule has 0 radical (unpaired) electrons. The molecule has 0 bridgehead atoms. The Balaban J connectivity index is 1.61. The Bertz CT molecular complexity index is 1520. The fourth-order valence-electron chi connectivity index (χ4n) is 3.88. The average Bonchev–Trinajstić information content (AvgIpc) is 3.52. The van der Waals surface area contributed by atoms with Gasteiger partial charge in [0.1, 0.15) is 18.9 Å². The lowest BCUT2D eigenvalue weighted by atomic mass is 10.1. The van der Waals surface area contributed by atoms with E-state index < -0.39 is 30.4 Å². The van der Waals surface area contributed by atoms with Crippen molar-refractivity contribution in [1.82, 2.24) is 24.1 Å². The highest BCUT2D eigenvalue weighted by molar-refractivity contribution is 5.91. The largest absolute Gasteiger partial charge is 0.480 e. The number of benzene rings is 1. The zero-order chi connectivity index (χ0) is 28.9. The number of hydrogen-bond acceptors (Lipinski definition) is 9. The summed E-state index contributed by atoms with van der Waals surface area (Å²) in [4.78, 5) is 31.8. The third-order valence-electron chi connectivity index (χ3n) is 5.59. The van der Waals surface area contributed by atoms with E-state index in [0.717, 1.165) is 6.20 Å². The number of hydrogen-bond donors (Lipinski definition) is 2. The van der Waals surface area contributed by atoms with Crippen LogP contribution in [0.5, 0.6) is 11.6 Å². The van der Waals surface area contributed by atoms with Gasteiger partial charge in [0.05, 0.1) is 42.8 Å². The molecule has 3 heterocycles. The number of halogens is 3. The van der Waals surface area contributed by atoms with Gasteiger partial charge in [0.2, 0.25) is 5.65 Å². The van der Waals surface area contributed by atoms with Gasteiger partial charge in [0, 0.05) is 18.6 Å². The van der Waals surface area contributed by atoms with Crippen LogP contribution in [-0.4, -0.2) is 72.7 Å². The Morgan fingerprint density at radius 3 is 2.62 bits per heavy atom. The maximum Gasteiger partial charge on any atom is 0.435 e. The van der Waals surface area contributed by atoms with Gasteiger partial charge in [-0.1, -0.05) is 6.92 Å². The number of aryl methyl sites for hydroxylation is 1. The second kappa shape index (κ2) is 12.1. The van der Waals surface area contributed by atoms with E-state index in [4.69, 9.17) is 24.4 Å². The summed E-state index contributed by atoms with van der Waals surface area (Å²) in [7, 11) is 0. The number of alkyl halides is 3. The molecule has 0 aliphatic carbocycles. The summed E-state index contributed by atoms with van der Waals surface area (Å²) in [6, 6.07) is 4.66. The van der Waals surface area contributed by atoms with Gasteiger partial charge < -0.3 is 24.4 Å². The summed E-state index contributed by atoms with van der Waals surface area (Å²) < 4.78 is 59.3. The second-order valence-electron chi connectivity index (χ2n) is 8.30. The number of imidazole rings is 1. The van der Waals surface area contributed by atoms with Gasteiger partial charge in [-0.05, 0) is 30.2 Å². The van der Waals surface area contributed by atoms with E-state index in [-0.39, 0.29) is 49.2 Å². The smallest absolute Gasteiger partial charge is 0.435 e. The van der Waals surface area contributed by atoms with Crippen molar-refractivity contribution in [3.63, 3.8) is 0 Å². The Kier molecular flexibility index (Phi) is 8.64. The number of aliphatic carboxylic acids is 1. The summed E-state index contributed by atoms with van der Waals surface area (Å²) in [5.41, 5.74) is -0.580. The first-order chi connectivity index (χ1) is 19.1. The number of aliphatic hydroxyl groups excluding tert-OH is 1. The maximum atomic E-state index is 13.7. The van der Waals surface area contributed by atoms with Crippen LogP contribution in [0.1, 0.15) is 28.5 Å².